The molecule has 0 fully saturated rings. The van der Waals surface area contributed by atoms with Crippen LogP contribution in [-0.2, 0) is 14.3 Å². The van der Waals surface area contributed by atoms with E-state index in [9.17, 15) is 9.59 Å². The Labute approximate surface area is 327 Å². The molecule has 0 aromatic carbocycles. The normalized spacial score (nSPS) is 11.4. The summed E-state index contributed by atoms with van der Waals surface area (Å²) < 4.78 is 4.88. The van der Waals surface area contributed by atoms with Gasteiger partial charge in [-0.25, -0.2) is 0 Å². The van der Waals surface area contributed by atoms with Crippen molar-refractivity contribution in [2.75, 3.05) is 13.2 Å². The van der Waals surface area contributed by atoms with Gasteiger partial charge in [-0.2, -0.15) is 0 Å². The second-order valence-corrected chi connectivity index (χ2v) is 14.7. The summed E-state index contributed by atoms with van der Waals surface area (Å²) in [5.74, 6) is -0.927. The Bertz CT molecular complexity index is 647. The highest BCUT2D eigenvalue weighted by Crippen LogP contribution is 2.16. The van der Waals surface area contributed by atoms with Crippen LogP contribution in [0.3, 0.4) is 0 Å². The highest BCUT2D eigenvalue weighted by Gasteiger charge is 2.07. The Kier molecular flexibility index (Phi) is 52.5. The molecular formula is C43H88MgO6. The molecule has 0 aliphatic rings. The van der Waals surface area contributed by atoms with E-state index in [1.807, 2.05) is 0 Å². The molecule has 50 heavy (non-hydrogen) atoms. The molecule has 0 bridgehead atoms. The second kappa shape index (κ2) is 48.6. The topological polar surface area (TPSA) is 104 Å². The quantitative estimate of drug-likeness (QED) is 0.0331. The van der Waals surface area contributed by atoms with E-state index in [4.69, 9.17) is 20.1 Å². The average molecular weight is 725 g/mol. The minimum absolute atomic E-state index is 0. The number of carbonyl (C=O) groups excluding carboxylic acids is 1. The molecule has 0 amide bonds. The molecule has 0 rings (SSSR count). The number of hydrogen-bond acceptors (Lipinski definition) is 5. The van der Waals surface area contributed by atoms with E-state index in [2.05, 4.69) is 13.8 Å². The zero-order valence-corrected chi connectivity index (χ0v) is 33.0. The van der Waals surface area contributed by atoms with Gasteiger partial charge < -0.3 is 20.1 Å². The van der Waals surface area contributed by atoms with E-state index >= 15 is 0 Å². The van der Waals surface area contributed by atoms with Gasteiger partial charge in [-0.3, -0.25) is 9.59 Å². The summed E-state index contributed by atoms with van der Waals surface area (Å²) in [4.78, 5) is 21.8. The molecule has 7 heteroatoms. The maximum Gasteiger partial charge on any atom is 0.316 e. The summed E-state index contributed by atoms with van der Waals surface area (Å²) in [6.07, 6.45) is 45.1. The Hall–Kier alpha value is -0.374. The van der Waals surface area contributed by atoms with E-state index < -0.39 is 12.1 Å². The molecule has 0 radical (unpaired) electrons. The zero-order chi connectivity index (χ0) is 36.3. The van der Waals surface area contributed by atoms with Gasteiger partial charge in [0.1, 0.15) is 12.7 Å². The summed E-state index contributed by atoms with van der Waals surface area (Å²) >= 11 is 0. The third-order valence-electron chi connectivity index (χ3n) is 9.63. The summed E-state index contributed by atoms with van der Waals surface area (Å²) in [7, 11) is 0. The van der Waals surface area contributed by atoms with Crippen LogP contribution in [0.15, 0.2) is 0 Å². The monoisotopic (exact) mass is 725 g/mol. The number of carboxylic acids is 1. The summed E-state index contributed by atoms with van der Waals surface area (Å²) in [6.45, 7) is 4.08. The van der Waals surface area contributed by atoms with Crippen molar-refractivity contribution < 1.29 is 29.6 Å². The standard InChI is InChI=1S/C25H50O4.C18H36O2.Mg.2H/c1-2-3-4-5-6-7-8-9-10-11-12-13-14-15-16-17-18-19-20-21-25(28)29-23-24(27)22-26;1-2-3-4-5-6-7-8-9-10-11-12-13-14-15-16-17-18(19)20;;;/h24,26-27H,2-23H2,1H3;2-17H2,1H3,(H,19,20);;;. The molecule has 0 aromatic heterocycles. The number of carboxylic acid groups (broad SMARTS) is 1. The van der Waals surface area contributed by atoms with Crippen LogP contribution in [0, 0.1) is 0 Å². The number of rotatable bonds is 39. The molecule has 298 valence electrons. The molecule has 0 spiro atoms. The van der Waals surface area contributed by atoms with Gasteiger partial charge >= 0.3 is 35.0 Å². The second-order valence-electron chi connectivity index (χ2n) is 14.7. The fourth-order valence-electron chi connectivity index (χ4n) is 6.31. The first-order chi connectivity index (χ1) is 24.0. The van der Waals surface area contributed by atoms with E-state index in [1.165, 1.54) is 193 Å². The Morgan fingerprint density at radius 1 is 0.440 bits per heavy atom. The molecule has 3 N–H and O–H groups in total. The first-order valence-electron chi connectivity index (χ1n) is 21.6. The lowest BCUT2D eigenvalue weighted by Crippen LogP contribution is -2.21. The van der Waals surface area contributed by atoms with Gasteiger partial charge in [0.25, 0.3) is 0 Å². The first-order valence-corrected chi connectivity index (χ1v) is 21.6. The fraction of sp³-hybridized carbons (Fsp3) is 0.953. The number of hydrogen-bond donors (Lipinski definition) is 3. The van der Waals surface area contributed by atoms with Crippen molar-refractivity contribution in [3.8, 4) is 0 Å². The van der Waals surface area contributed by atoms with Crippen molar-refractivity contribution in [3.63, 3.8) is 0 Å². The summed E-state index contributed by atoms with van der Waals surface area (Å²) in [5, 5.41) is 26.3. The Morgan fingerprint density at radius 2 is 0.680 bits per heavy atom. The molecule has 6 nitrogen and oxygen atoms in total. The molecule has 1 atom stereocenters. The number of ether oxygens (including phenoxy) is 1. The van der Waals surface area contributed by atoms with Crippen LogP contribution in [0.2, 0.25) is 0 Å². The van der Waals surface area contributed by atoms with Gasteiger partial charge in [0.15, 0.2) is 0 Å². The lowest BCUT2D eigenvalue weighted by molar-refractivity contribution is -0.147. The minimum atomic E-state index is -0.955. The maximum absolute atomic E-state index is 11.4. The van der Waals surface area contributed by atoms with Crippen LogP contribution in [0.1, 0.15) is 245 Å². The van der Waals surface area contributed by atoms with Crippen LogP contribution in [-0.4, -0.2) is 69.6 Å². The van der Waals surface area contributed by atoms with E-state index in [0.717, 1.165) is 25.7 Å². The van der Waals surface area contributed by atoms with Crippen LogP contribution in [0.4, 0.5) is 0 Å². The Balaban J connectivity index is -0.000000924. The van der Waals surface area contributed by atoms with Crippen LogP contribution >= 0.6 is 0 Å². The highest BCUT2D eigenvalue weighted by atomic mass is 24.3. The number of aliphatic hydroxyl groups excluding tert-OH is 2. The summed E-state index contributed by atoms with van der Waals surface area (Å²) in [6, 6.07) is 0. The number of unbranched alkanes of at least 4 members (excludes halogenated alkanes) is 32. The van der Waals surface area contributed by atoms with Crippen molar-refractivity contribution >= 4 is 35.0 Å². The molecule has 0 heterocycles. The van der Waals surface area contributed by atoms with Crippen molar-refractivity contribution in [2.45, 2.75) is 251 Å². The number of aliphatic carboxylic acids is 1. The van der Waals surface area contributed by atoms with Gasteiger partial charge in [-0.1, -0.05) is 219 Å². The van der Waals surface area contributed by atoms with Crippen LogP contribution < -0.4 is 0 Å². The van der Waals surface area contributed by atoms with Crippen molar-refractivity contribution in [1.29, 1.82) is 0 Å². The van der Waals surface area contributed by atoms with Crippen molar-refractivity contribution in [3.05, 3.63) is 0 Å². The third kappa shape index (κ3) is 52.0. The fourth-order valence-corrected chi connectivity index (χ4v) is 6.31. The van der Waals surface area contributed by atoms with Gasteiger partial charge in [0, 0.05) is 12.8 Å². The van der Waals surface area contributed by atoms with E-state index in [0.29, 0.717) is 12.8 Å². The molecule has 0 aliphatic heterocycles. The summed E-state index contributed by atoms with van der Waals surface area (Å²) in [5.41, 5.74) is 0. The third-order valence-corrected chi connectivity index (χ3v) is 9.63. The largest absolute Gasteiger partial charge is 0.481 e. The van der Waals surface area contributed by atoms with Gasteiger partial charge in [0.05, 0.1) is 6.61 Å². The molecule has 0 aliphatic carbocycles. The molecule has 0 saturated heterocycles. The number of esters is 1. The minimum Gasteiger partial charge on any atom is -0.481 e. The number of aliphatic hydroxyl groups is 2. The molecule has 1 unspecified atom stereocenters. The predicted molar refractivity (Wildman–Crippen MR) is 218 cm³/mol. The van der Waals surface area contributed by atoms with Crippen LogP contribution in [0.25, 0.3) is 0 Å². The predicted octanol–water partition coefficient (Wildman–Crippen LogP) is 12.1. The lowest BCUT2D eigenvalue weighted by atomic mass is 10.0. The van der Waals surface area contributed by atoms with E-state index in [1.54, 1.807) is 0 Å². The highest BCUT2D eigenvalue weighted by molar-refractivity contribution is 5.75. The molecule has 0 saturated carbocycles. The first kappa shape index (κ1) is 54.0. The lowest BCUT2D eigenvalue weighted by Gasteiger charge is -2.08. The molecule has 0 aromatic rings. The smallest absolute Gasteiger partial charge is 0.316 e. The van der Waals surface area contributed by atoms with Crippen molar-refractivity contribution in [2.24, 2.45) is 0 Å². The van der Waals surface area contributed by atoms with Crippen LogP contribution in [0.5, 0.6) is 0 Å². The zero-order valence-electron chi connectivity index (χ0n) is 33.0. The number of carbonyl (C=O) groups is 2. The van der Waals surface area contributed by atoms with Crippen molar-refractivity contribution in [1.82, 2.24) is 0 Å². The SMILES string of the molecule is CCCCCCCCCCCCCCCCCC(=O)O.CCCCCCCCCCCCCCCCCCCCCC(=O)OCC(O)CO.[MgH2]. The average Bonchev–Trinajstić information content (AvgIpc) is 3.10. The Morgan fingerprint density at radius 3 is 0.920 bits per heavy atom. The van der Waals surface area contributed by atoms with E-state index in [-0.39, 0.29) is 42.2 Å². The van der Waals surface area contributed by atoms with Gasteiger partial charge in [-0.15, -0.1) is 0 Å². The molecular weight excluding hydrogens is 637 g/mol. The van der Waals surface area contributed by atoms with Gasteiger partial charge in [0.2, 0.25) is 0 Å². The maximum atomic E-state index is 11.4. The van der Waals surface area contributed by atoms with Gasteiger partial charge in [-0.05, 0) is 12.8 Å².